The number of aromatic hydroxyl groups is 1. The summed E-state index contributed by atoms with van der Waals surface area (Å²) in [7, 11) is 1.67. The van der Waals surface area contributed by atoms with Crippen molar-refractivity contribution in [3.05, 3.63) is 56.5 Å². The number of nitrogens with zero attached hydrogens (tertiary/aromatic N) is 4. The molecule has 0 amide bonds. The highest BCUT2D eigenvalue weighted by Gasteiger charge is 2.18. The summed E-state index contributed by atoms with van der Waals surface area (Å²) in [4.78, 5) is 29.5. The number of phenolic OH excluding ortho intramolecular Hbond substituents is 1. The van der Waals surface area contributed by atoms with Crippen LogP contribution in [0.5, 0.6) is 5.75 Å². The van der Waals surface area contributed by atoms with Crippen molar-refractivity contribution >= 4 is 11.2 Å². The Morgan fingerprint density at radius 1 is 1.15 bits per heavy atom. The van der Waals surface area contributed by atoms with Crippen LogP contribution in [0.4, 0.5) is 0 Å². The number of phenols is 1. The Kier molecular flexibility index (Phi) is 4.38. The molecule has 0 fully saturated rings. The molecule has 0 spiro atoms. The second-order valence-corrected chi connectivity index (χ2v) is 5.59. The molecule has 130 valence electrons. The molecule has 0 saturated heterocycles. The lowest BCUT2D eigenvalue weighted by Gasteiger charge is -2.07. The van der Waals surface area contributed by atoms with Gasteiger partial charge in [0.2, 0.25) is 0 Å². The minimum absolute atomic E-state index is 0.104. The van der Waals surface area contributed by atoms with Gasteiger partial charge in [0.1, 0.15) is 5.75 Å². The third-order valence-electron chi connectivity index (χ3n) is 3.99. The fourth-order valence-corrected chi connectivity index (χ4v) is 2.66. The predicted octanol–water partition coefficient (Wildman–Crippen LogP) is 0.655. The maximum absolute atomic E-state index is 12.7. The Hall–Kier alpha value is -3.71. The van der Waals surface area contributed by atoms with Crippen molar-refractivity contribution in [2.45, 2.75) is 20.0 Å². The molecule has 0 radical (unpaired) electrons. The van der Waals surface area contributed by atoms with E-state index in [0.29, 0.717) is 17.9 Å². The largest absolute Gasteiger partial charge is 0.508 e. The number of rotatable bonds is 2. The predicted molar refractivity (Wildman–Crippen MR) is 97.8 cm³/mol. The van der Waals surface area contributed by atoms with Gasteiger partial charge in [-0.2, -0.15) is 0 Å². The van der Waals surface area contributed by atoms with Crippen LogP contribution in [-0.2, 0) is 20.1 Å². The van der Waals surface area contributed by atoms with E-state index in [4.69, 9.17) is 6.42 Å². The molecule has 1 aromatic carbocycles. The molecule has 26 heavy (non-hydrogen) atoms. The van der Waals surface area contributed by atoms with Gasteiger partial charge in [0.05, 0.1) is 6.54 Å². The molecule has 0 aliphatic rings. The molecule has 3 aromatic rings. The summed E-state index contributed by atoms with van der Waals surface area (Å²) in [5, 5.41) is 9.32. The summed E-state index contributed by atoms with van der Waals surface area (Å²) in [6.07, 6.45) is 5.28. The number of aromatic nitrogens is 4. The number of benzene rings is 1. The van der Waals surface area contributed by atoms with Gasteiger partial charge in [-0.3, -0.25) is 9.36 Å². The summed E-state index contributed by atoms with van der Waals surface area (Å²) in [6.45, 7) is 2.04. The summed E-state index contributed by atoms with van der Waals surface area (Å²) in [6, 6.07) is 6.41. The van der Waals surface area contributed by atoms with Gasteiger partial charge in [-0.25, -0.2) is 14.3 Å². The molecule has 7 nitrogen and oxygen atoms in total. The van der Waals surface area contributed by atoms with E-state index < -0.39 is 11.2 Å². The maximum atomic E-state index is 12.7. The van der Waals surface area contributed by atoms with Gasteiger partial charge in [-0.1, -0.05) is 11.8 Å². The van der Waals surface area contributed by atoms with Crippen molar-refractivity contribution in [3.8, 4) is 29.9 Å². The molecule has 0 aliphatic heterocycles. The summed E-state index contributed by atoms with van der Waals surface area (Å²) < 4.78 is 3.98. The van der Waals surface area contributed by atoms with Crippen molar-refractivity contribution in [1.29, 1.82) is 0 Å². The monoisotopic (exact) mass is 348 g/mol. The van der Waals surface area contributed by atoms with Gasteiger partial charge in [0.15, 0.2) is 17.0 Å². The fraction of sp³-hybridized carbons (Fsp3) is 0.211. The Morgan fingerprint density at radius 3 is 2.46 bits per heavy atom. The second-order valence-electron chi connectivity index (χ2n) is 5.59. The van der Waals surface area contributed by atoms with E-state index in [1.807, 2.05) is 0 Å². The van der Waals surface area contributed by atoms with E-state index in [0.717, 1.165) is 4.57 Å². The SMILES string of the molecule is C#CCn1c(=O)c2c(nc(C#Cc3ccc(O)cc3)n2C)n(CC)c1=O. The van der Waals surface area contributed by atoms with Crippen LogP contribution in [0.2, 0.25) is 0 Å². The minimum Gasteiger partial charge on any atom is -0.508 e. The zero-order chi connectivity index (χ0) is 18.8. The highest BCUT2D eigenvalue weighted by molar-refractivity contribution is 5.72. The lowest BCUT2D eigenvalue weighted by atomic mass is 10.2. The van der Waals surface area contributed by atoms with E-state index >= 15 is 0 Å². The summed E-state index contributed by atoms with van der Waals surface area (Å²) in [5.74, 6) is 8.67. The molecule has 1 N–H and O–H groups in total. The molecule has 0 bridgehead atoms. The molecular formula is C19H16N4O3. The molecule has 2 aromatic heterocycles. The number of hydrogen-bond acceptors (Lipinski definition) is 4. The first-order valence-electron chi connectivity index (χ1n) is 7.92. The molecule has 0 saturated carbocycles. The lowest BCUT2D eigenvalue weighted by molar-refractivity contribution is 0.475. The quantitative estimate of drug-likeness (QED) is 0.690. The molecule has 0 aliphatic carbocycles. The topological polar surface area (TPSA) is 82.1 Å². The van der Waals surface area contributed by atoms with Crippen LogP contribution >= 0.6 is 0 Å². The first kappa shape index (κ1) is 17.1. The van der Waals surface area contributed by atoms with Gasteiger partial charge in [-0.15, -0.1) is 6.42 Å². The first-order chi connectivity index (χ1) is 12.5. The van der Waals surface area contributed by atoms with E-state index in [1.54, 1.807) is 30.7 Å². The van der Waals surface area contributed by atoms with Crippen LogP contribution < -0.4 is 11.2 Å². The van der Waals surface area contributed by atoms with Crippen molar-refractivity contribution < 1.29 is 5.11 Å². The fourth-order valence-electron chi connectivity index (χ4n) is 2.66. The average molecular weight is 348 g/mol. The summed E-state index contributed by atoms with van der Waals surface area (Å²) in [5.41, 5.74) is 0.275. The molecular weight excluding hydrogens is 332 g/mol. The zero-order valence-electron chi connectivity index (χ0n) is 14.4. The normalized spacial score (nSPS) is 10.3. The van der Waals surface area contributed by atoms with Crippen LogP contribution in [0, 0.1) is 24.2 Å². The van der Waals surface area contributed by atoms with Crippen molar-refractivity contribution in [1.82, 2.24) is 18.7 Å². The molecule has 0 unspecified atom stereocenters. The van der Waals surface area contributed by atoms with Crippen LogP contribution in [0.1, 0.15) is 18.3 Å². The Bertz CT molecular complexity index is 1210. The molecule has 3 rings (SSSR count). The number of imidazole rings is 1. The van der Waals surface area contributed by atoms with E-state index in [9.17, 15) is 14.7 Å². The Labute approximate surface area is 149 Å². The number of fused-ring (bicyclic) bond motifs is 1. The van der Waals surface area contributed by atoms with Gasteiger partial charge >= 0.3 is 5.69 Å². The van der Waals surface area contributed by atoms with Crippen molar-refractivity contribution in [3.63, 3.8) is 0 Å². The number of terminal acetylenes is 1. The maximum Gasteiger partial charge on any atom is 0.333 e. The smallest absolute Gasteiger partial charge is 0.333 e. The van der Waals surface area contributed by atoms with Crippen LogP contribution in [0.3, 0.4) is 0 Å². The third-order valence-corrected chi connectivity index (χ3v) is 3.99. The van der Waals surface area contributed by atoms with Gasteiger partial charge in [0, 0.05) is 19.2 Å². The van der Waals surface area contributed by atoms with Crippen LogP contribution in [0.25, 0.3) is 11.2 Å². The molecule has 2 heterocycles. The third kappa shape index (κ3) is 2.76. The first-order valence-corrected chi connectivity index (χ1v) is 7.92. The van der Waals surface area contributed by atoms with E-state index in [1.165, 1.54) is 16.7 Å². The van der Waals surface area contributed by atoms with Crippen LogP contribution in [-0.4, -0.2) is 23.8 Å². The molecule has 0 atom stereocenters. The highest BCUT2D eigenvalue weighted by Crippen LogP contribution is 2.11. The average Bonchev–Trinajstić information content (AvgIpc) is 2.95. The Balaban J connectivity index is 2.25. The Morgan fingerprint density at radius 2 is 1.85 bits per heavy atom. The van der Waals surface area contributed by atoms with Crippen molar-refractivity contribution in [2.75, 3.05) is 0 Å². The van der Waals surface area contributed by atoms with E-state index in [2.05, 4.69) is 22.7 Å². The summed E-state index contributed by atoms with van der Waals surface area (Å²) >= 11 is 0. The van der Waals surface area contributed by atoms with Gasteiger partial charge in [-0.05, 0) is 37.1 Å². The number of aryl methyl sites for hydroxylation is 2. The highest BCUT2D eigenvalue weighted by atomic mass is 16.3. The van der Waals surface area contributed by atoms with Gasteiger partial charge < -0.3 is 9.67 Å². The van der Waals surface area contributed by atoms with Crippen molar-refractivity contribution in [2.24, 2.45) is 7.05 Å². The molecule has 7 heteroatoms. The number of hydrogen-bond donors (Lipinski definition) is 1. The second kappa shape index (κ2) is 6.66. The van der Waals surface area contributed by atoms with E-state index in [-0.39, 0.29) is 23.5 Å². The lowest BCUT2D eigenvalue weighted by Crippen LogP contribution is -2.40. The van der Waals surface area contributed by atoms with Crippen LogP contribution in [0.15, 0.2) is 33.9 Å². The van der Waals surface area contributed by atoms with Gasteiger partial charge in [0.25, 0.3) is 5.56 Å². The standard InChI is InChI=1S/C19H16N4O3/c1-4-12-23-18(25)16-17(22(5-2)19(23)26)20-15(21(16)3)11-8-13-6-9-14(24)10-7-13/h1,6-7,9-10,24H,5,12H2,2-3H3. The minimum atomic E-state index is -0.487. The zero-order valence-corrected chi connectivity index (χ0v) is 14.4.